The standard InChI is InChI=1S/C13H14FNO2/c14-12-5-2-6-13(11(12)8-15)17-10-4-1-3-9(16)7-10/h2,5-6,9-10,16H,1,3-4,7H2. The zero-order valence-electron chi connectivity index (χ0n) is 9.40. The van der Waals surface area contributed by atoms with Gasteiger partial charge in [0.25, 0.3) is 0 Å². The highest BCUT2D eigenvalue weighted by molar-refractivity contribution is 5.43. The molecule has 0 aliphatic heterocycles. The number of ether oxygens (including phenoxy) is 1. The van der Waals surface area contributed by atoms with E-state index in [0.29, 0.717) is 6.42 Å². The van der Waals surface area contributed by atoms with Crippen molar-refractivity contribution in [2.45, 2.75) is 37.9 Å². The lowest BCUT2D eigenvalue weighted by atomic mass is 9.95. The van der Waals surface area contributed by atoms with Crippen molar-refractivity contribution in [3.05, 3.63) is 29.6 Å². The molecule has 0 heterocycles. The van der Waals surface area contributed by atoms with Crippen LogP contribution in [0.25, 0.3) is 0 Å². The van der Waals surface area contributed by atoms with Gasteiger partial charge >= 0.3 is 0 Å². The second kappa shape index (κ2) is 5.15. The van der Waals surface area contributed by atoms with Crippen LogP contribution >= 0.6 is 0 Å². The highest BCUT2D eigenvalue weighted by atomic mass is 19.1. The number of benzene rings is 1. The second-order valence-electron chi connectivity index (χ2n) is 4.29. The predicted octanol–water partition coefficient (Wildman–Crippen LogP) is 2.38. The number of rotatable bonds is 2. The first kappa shape index (κ1) is 11.9. The molecule has 0 radical (unpaired) electrons. The van der Waals surface area contributed by atoms with Crippen molar-refractivity contribution < 1.29 is 14.2 Å². The summed E-state index contributed by atoms with van der Waals surface area (Å²) in [5, 5.41) is 18.4. The molecule has 0 amide bonds. The van der Waals surface area contributed by atoms with Crippen molar-refractivity contribution >= 4 is 0 Å². The van der Waals surface area contributed by atoms with Gasteiger partial charge in [-0.3, -0.25) is 0 Å². The van der Waals surface area contributed by atoms with Gasteiger partial charge in [-0.25, -0.2) is 4.39 Å². The summed E-state index contributed by atoms with van der Waals surface area (Å²) in [5.74, 6) is -0.298. The van der Waals surface area contributed by atoms with Gasteiger partial charge in [-0.1, -0.05) is 6.07 Å². The van der Waals surface area contributed by atoms with Crippen molar-refractivity contribution in [3.63, 3.8) is 0 Å². The Bertz CT molecular complexity index is 442. The van der Waals surface area contributed by atoms with E-state index in [4.69, 9.17) is 10.00 Å². The fourth-order valence-corrected chi connectivity index (χ4v) is 2.12. The highest BCUT2D eigenvalue weighted by Crippen LogP contribution is 2.27. The summed E-state index contributed by atoms with van der Waals surface area (Å²) in [6.07, 6.45) is 2.57. The average molecular weight is 235 g/mol. The van der Waals surface area contributed by atoms with Gasteiger partial charge in [0, 0.05) is 6.42 Å². The summed E-state index contributed by atoms with van der Waals surface area (Å²) in [5.41, 5.74) is -0.0624. The Morgan fingerprint density at radius 2 is 2.24 bits per heavy atom. The number of nitriles is 1. The topological polar surface area (TPSA) is 53.2 Å². The minimum Gasteiger partial charge on any atom is -0.489 e. The predicted molar refractivity (Wildman–Crippen MR) is 60.0 cm³/mol. The minimum absolute atomic E-state index is 0.0624. The third-order valence-electron chi connectivity index (χ3n) is 2.98. The van der Waals surface area contributed by atoms with Crippen LogP contribution in [0, 0.1) is 17.1 Å². The van der Waals surface area contributed by atoms with Crippen molar-refractivity contribution in [3.8, 4) is 11.8 Å². The van der Waals surface area contributed by atoms with Gasteiger partial charge in [0.1, 0.15) is 29.3 Å². The van der Waals surface area contributed by atoms with Crippen LogP contribution in [-0.2, 0) is 0 Å². The van der Waals surface area contributed by atoms with E-state index < -0.39 is 5.82 Å². The smallest absolute Gasteiger partial charge is 0.144 e. The van der Waals surface area contributed by atoms with E-state index in [-0.39, 0.29) is 23.5 Å². The molecule has 1 aromatic rings. The normalized spacial score (nSPS) is 24.1. The fourth-order valence-electron chi connectivity index (χ4n) is 2.12. The first-order valence-corrected chi connectivity index (χ1v) is 5.74. The van der Waals surface area contributed by atoms with Gasteiger partial charge in [0.15, 0.2) is 0 Å². The van der Waals surface area contributed by atoms with Crippen LogP contribution in [0.15, 0.2) is 18.2 Å². The zero-order chi connectivity index (χ0) is 12.3. The summed E-state index contributed by atoms with van der Waals surface area (Å²) < 4.78 is 18.9. The van der Waals surface area contributed by atoms with Gasteiger partial charge in [-0.05, 0) is 31.4 Å². The van der Waals surface area contributed by atoms with Crippen LogP contribution in [0.5, 0.6) is 5.75 Å². The molecule has 1 saturated carbocycles. The summed E-state index contributed by atoms with van der Waals surface area (Å²) in [6.45, 7) is 0. The van der Waals surface area contributed by atoms with E-state index in [1.165, 1.54) is 12.1 Å². The van der Waals surface area contributed by atoms with Gasteiger partial charge in [0.2, 0.25) is 0 Å². The molecule has 1 aromatic carbocycles. The molecule has 0 spiro atoms. The van der Waals surface area contributed by atoms with Gasteiger partial charge < -0.3 is 9.84 Å². The van der Waals surface area contributed by atoms with Crippen molar-refractivity contribution in [1.82, 2.24) is 0 Å². The number of nitrogens with zero attached hydrogens (tertiary/aromatic N) is 1. The summed E-state index contributed by atoms with van der Waals surface area (Å²) in [6, 6.07) is 6.14. The first-order chi connectivity index (χ1) is 8.20. The lowest BCUT2D eigenvalue weighted by molar-refractivity contribution is 0.0533. The maximum Gasteiger partial charge on any atom is 0.144 e. The van der Waals surface area contributed by atoms with Crippen LogP contribution < -0.4 is 4.74 Å². The fraction of sp³-hybridized carbons (Fsp3) is 0.462. The lowest BCUT2D eigenvalue weighted by Gasteiger charge is -2.26. The Morgan fingerprint density at radius 1 is 1.41 bits per heavy atom. The third-order valence-corrected chi connectivity index (χ3v) is 2.98. The average Bonchev–Trinajstić information content (AvgIpc) is 2.29. The molecule has 90 valence electrons. The molecule has 0 saturated heterocycles. The Kier molecular flexibility index (Phi) is 3.60. The maximum absolute atomic E-state index is 13.3. The number of hydrogen-bond acceptors (Lipinski definition) is 3. The second-order valence-corrected chi connectivity index (χ2v) is 4.29. The molecular weight excluding hydrogens is 221 g/mol. The molecule has 2 atom stereocenters. The van der Waals surface area contributed by atoms with Crippen LogP contribution in [0.1, 0.15) is 31.2 Å². The molecule has 0 aromatic heterocycles. The number of halogens is 1. The highest BCUT2D eigenvalue weighted by Gasteiger charge is 2.22. The minimum atomic E-state index is -0.568. The van der Waals surface area contributed by atoms with Crippen LogP contribution in [0.2, 0.25) is 0 Å². The lowest BCUT2D eigenvalue weighted by Crippen LogP contribution is -2.28. The molecule has 17 heavy (non-hydrogen) atoms. The first-order valence-electron chi connectivity index (χ1n) is 5.74. The van der Waals surface area contributed by atoms with Gasteiger partial charge in [-0.15, -0.1) is 0 Å². The number of hydrogen-bond donors (Lipinski definition) is 1. The summed E-state index contributed by atoms with van der Waals surface area (Å²) in [4.78, 5) is 0. The number of aliphatic hydroxyl groups excluding tert-OH is 1. The molecule has 1 aliphatic carbocycles. The molecule has 1 N–H and O–H groups in total. The summed E-state index contributed by atoms with van der Waals surface area (Å²) >= 11 is 0. The largest absolute Gasteiger partial charge is 0.489 e. The van der Waals surface area contributed by atoms with E-state index in [9.17, 15) is 9.50 Å². The Labute approximate surface area is 99.4 Å². The van der Waals surface area contributed by atoms with Gasteiger partial charge in [0.05, 0.1) is 6.10 Å². The van der Waals surface area contributed by atoms with Crippen molar-refractivity contribution in [1.29, 1.82) is 5.26 Å². The van der Waals surface area contributed by atoms with E-state index in [1.807, 2.05) is 0 Å². The van der Waals surface area contributed by atoms with E-state index >= 15 is 0 Å². The van der Waals surface area contributed by atoms with E-state index in [2.05, 4.69) is 0 Å². The SMILES string of the molecule is N#Cc1c(F)cccc1OC1CCCC(O)C1. The van der Waals surface area contributed by atoms with Crippen molar-refractivity contribution in [2.24, 2.45) is 0 Å². The van der Waals surface area contributed by atoms with Crippen LogP contribution in [0.3, 0.4) is 0 Å². The van der Waals surface area contributed by atoms with Crippen LogP contribution in [0.4, 0.5) is 4.39 Å². The Hall–Kier alpha value is -1.60. The molecule has 3 nitrogen and oxygen atoms in total. The third kappa shape index (κ3) is 2.75. The van der Waals surface area contributed by atoms with Gasteiger partial charge in [-0.2, -0.15) is 5.26 Å². The quantitative estimate of drug-likeness (QED) is 0.856. The van der Waals surface area contributed by atoms with E-state index in [1.54, 1.807) is 12.1 Å². The molecule has 1 aliphatic rings. The monoisotopic (exact) mass is 235 g/mol. The summed E-state index contributed by atoms with van der Waals surface area (Å²) in [7, 11) is 0. The zero-order valence-corrected chi connectivity index (χ0v) is 9.40. The Morgan fingerprint density at radius 3 is 2.94 bits per heavy atom. The van der Waals surface area contributed by atoms with Crippen LogP contribution in [-0.4, -0.2) is 17.3 Å². The molecule has 1 fully saturated rings. The molecule has 2 rings (SSSR count). The Balaban J connectivity index is 2.13. The molecule has 4 heteroatoms. The van der Waals surface area contributed by atoms with Crippen molar-refractivity contribution in [2.75, 3.05) is 0 Å². The number of aliphatic hydroxyl groups is 1. The van der Waals surface area contributed by atoms with E-state index in [0.717, 1.165) is 19.3 Å². The molecule has 0 bridgehead atoms. The maximum atomic E-state index is 13.3. The molecular formula is C13H14FNO2. The molecule has 2 unspecified atom stereocenters.